The van der Waals surface area contributed by atoms with E-state index in [1.54, 1.807) is 12.1 Å². The highest BCUT2D eigenvalue weighted by Gasteiger charge is 2.20. The van der Waals surface area contributed by atoms with Crippen LogP contribution in [0.1, 0.15) is 30.0 Å². The molecular formula is C23H25ClN4O2S. The Bertz CT molecular complexity index is 1070. The van der Waals surface area contributed by atoms with E-state index in [9.17, 15) is 4.79 Å². The van der Waals surface area contributed by atoms with Gasteiger partial charge in [0.15, 0.2) is 17.1 Å². The molecule has 1 unspecified atom stereocenters. The van der Waals surface area contributed by atoms with Crippen LogP contribution in [0.15, 0.2) is 60.3 Å². The van der Waals surface area contributed by atoms with Gasteiger partial charge in [-0.25, -0.2) is 0 Å². The number of anilines is 1. The molecule has 1 N–H and O–H groups in total. The first-order valence-electron chi connectivity index (χ1n) is 9.83. The van der Waals surface area contributed by atoms with Crippen molar-refractivity contribution in [2.24, 2.45) is 0 Å². The molecule has 31 heavy (non-hydrogen) atoms. The number of hydrogen-bond donors (Lipinski definition) is 1. The highest BCUT2D eigenvalue weighted by atomic mass is 35.5. The predicted octanol–water partition coefficient (Wildman–Crippen LogP) is 5.61. The SMILES string of the molecule is C=CCn1c(SCC(=O)Nc2ccc(C)cc2)nnc1C(C)Oc1cc(C)ccc1Cl. The van der Waals surface area contributed by atoms with E-state index in [0.717, 1.165) is 16.8 Å². The molecule has 6 nitrogen and oxygen atoms in total. The van der Waals surface area contributed by atoms with Crippen LogP contribution < -0.4 is 10.1 Å². The number of thioether (sulfide) groups is 1. The molecular weight excluding hydrogens is 432 g/mol. The van der Waals surface area contributed by atoms with Crippen LogP contribution in [0.5, 0.6) is 5.75 Å². The van der Waals surface area contributed by atoms with Gasteiger partial charge >= 0.3 is 0 Å². The molecule has 0 fully saturated rings. The number of carbonyl (C=O) groups is 1. The van der Waals surface area contributed by atoms with E-state index in [-0.39, 0.29) is 17.8 Å². The van der Waals surface area contributed by atoms with Crippen molar-refractivity contribution in [2.45, 2.75) is 38.6 Å². The lowest BCUT2D eigenvalue weighted by Gasteiger charge is -2.17. The van der Waals surface area contributed by atoms with Gasteiger partial charge in [-0.05, 0) is 50.6 Å². The number of aromatic nitrogens is 3. The third kappa shape index (κ3) is 6.12. The van der Waals surface area contributed by atoms with Crippen molar-refractivity contribution in [1.29, 1.82) is 0 Å². The molecule has 3 aromatic rings. The first kappa shape index (κ1) is 22.9. The molecule has 0 aliphatic heterocycles. The maximum Gasteiger partial charge on any atom is 0.234 e. The van der Waals surface area contributed by atoms with Gasteiger partial charge in [0.05, 0.1) is 10.8 Å². The van der Waals surface area contributed by atoms with Gasteiger partial charge in [0.25, 0.3) is 0 Å². The van der Waals surface area contributed by atoms with Crippen LogP contribution in [0.3, 0.4) is 0 Å². The predicted molar refractivity (Wildman–Crippen MR) is 126 cm³/mol. The number of nitrogens with one attached hydrogen (secondary N) is 1. The zero-order chi connectivity index (χ0) is 22.4. The monoisotopic (exact) mass is 456 g/mol. The second kappa shape index (κ2) is 10.5. The minimum absolute atomic E-state index is 0.112. The Labute approximate surface area is 191 Å². The highest BCUT2D eigenvalue weighted by Crippen LogP contribution is 2.30. The summed E-state index contributed by atoms with van der Waals surface area (Å²) in [7, 11) is 0. The standard InChI is InChI=1S/C23H25ClN4O2S/c1-5-12-28-22(17(4)30-20-13-16(3)8-11-19(20)24)26-27-23(28)31-14-21(29)25-18-9-6-15(2)7-10-18/h5-11,13,17H,1,12,14H2,2-4H3,(H,25,29). The second-order valence-corrected chi connectivity index (χ2v) is 8.49. The molecule has 0 aliphatic carbocycles. The van der Waals surface area contributed by atoms with Crippen molar-refractivity contribution in [3.05, 3.63) is 77.1 Å². The Morgan fingerprint density at radius 2 is 1.94 bits per heavy atom. The fraction of sp³-hybridized carbons (Fsp3) is 0.261. The molecule has 0 saturated heterocycles. The quantitative estimate of drug-likeness (QED) is 0.335. The zero-order valence-electron chi connectivity index (χ0n) is 17.8. The van der Waals surface area contributed by atoms with Crippen LogP contribution in [0.2, 0.25) is 5.02 Å². The third-order valence-electron chi connectivity index (χ3n) is 4.48. The Kier molecular flexibility index (Phi) is 7.76. The van der Waals surface area contributed by atoms with Crippen molar-refractivity contribution in [2.75, 3.05) is 11.1 Å². The fourth-order valence-electron chi connectivity index (χ4n) is 2.92. The van der Waals surface area contributed by atoms with Crippen LogP contribution in [-0.4, -0.2) is 26.4 Å². The maximum absolute atomic E-state index is 12.3. The molecule has 162 valence electrons. The number of rotatable bonds is 9. The van der Waals surface area contributed by atoms with Gasteiger partial charge < -0.3 is 10.1 Å². The molecule has 3 rings (SSSR count). The summed E-state index contributed by atoms with van der Waals surface area (Å²) < 4.78 is 7.94. The molecule has 1 atom stereocenters. The summed E-state index contributed by atoms with van der Waals surface area (Å²) in [4.78, 5) is 12.3. The Morgan fingerprint density at radius 1 is 1.23 bits per heavy atom. The first-order chi connectivity index (χ1) is 14.9. The van der Waals surface area contributed by atoms with Gasteiger partial charge in [0.2, 0.25) is 5.91 Å². The van der Waals surface area contributed by atoms with E-state index in [1.165, 1.54) is 11.8 Å². The number of carbonyl (C=O) groups excluding carboxylic acids is 1. The molecule has 1 amide bonds. The lowest BCUT2D eigenvalue weighted by atomic mass is 10.2. The summed E-state index contributed by atoms with van der Waals surface area (Å²) in [5.74, 6) is 1.33. The summed E-state index contributed by atoms with van der Waals surface area (Å²) in [6.45, 7) is 10.2. The molecule has 0 bridgehead atoms. The topological polar surface area (TPSA) is 69.0 Å². The van der Waals surface area contributed by atoms with Crippen LogP contribution in [-0.2, 0) is 11.3 Å². The van der Waals surface area contributed by atoms with E-state index in [1.807, 2.05) is 61.7 Å². The summed E-state index contributed by atoms with van der Waals surface area (Å²) in [6, 6.07) is 13.3. The number of hydrogen-bond acceptors (Lipinski definition) is 5. The molecule has 0 aliphatic rings. The number of allylic oxidation sites excluding steroid dienone is 1. The van der Waals surface area contributed by atoms with E-state index in [4.69, 9.17) is 16.3 Å². The Morgan fingerprint density at radius 3 is 2.65 bits per heavy atom. The zero-order valence-corrected chi connectivity index (χ0v) is 19.3. The van der Waals surface area contributed by atoms with E-state index >= 15 is 0 Å². The average molecular weight is 457 g/mol. The van der Waals surface area contributed by atoms with Crippen molar-refractivity contribution in [1.82, 2.24) is 14.8 Å². The maximum atomic E-state index is 12.3. The van der Waals surface area contributed by atoms with Crippen LogP contribution in [0, 0.1) is 13.8 Å². The smallest absolute Gasteiger partial charge is 0.234 e. The number of aryl methyl sites for hydroxylation is 2. The van der Waals surface area contributed by atoms with Crippen LogP contribution >= 0.6 is 23.4 Å². The van der Waals surface area contributed by atoms with Crippen molar-refractivity contribution >= 4 is 35.0 Å². The summed E-state index contributed by atoms with van der Waals surface area (Å²) in [5.41, 5.74) is 2.96. The number of ether oxygens (including phenoxy) is 1. The largest absolute Gasteiger partial charge is 0.481 e. The third-order valence-corrected chi connectivity index (χ3v) is 5.76. The molecule has 0 spiro atoms. The van der Waals surface area contributed by atoms with Crippen molar-refractivity contribution < 1.29 is 9.53 Å². The molecule has 0 radical (unpaired) electrons. The lowest BCUT2D eigenvalue weighted by molar-refractivity contribution is -0.113. The number of halogens is 1. The highest BCUT2D eigenvalue weighted by molar-refractivity contribution is 7.99. The molecule has 0 saturated carbocycles. The number of amides is 1. The van der Waals surface area contributed by atoms with E-state index in [0.29, 0.717) is 28.3 Å². The van der Waals surface area contributed by atoms with Gasteiger partial charge in [0, 0.05) is 12.2 Å². The molecule has 1 aromatic heterocycles. The molecule has 2 aromatic carbocycles. The lowest BCUT2D eigenvalue weighted by Crippen LogP contribution is -2.15. The van der Waals surface area contributed by atoms with Gasteiger partial charge in [0.1, 0.15) is 5.75 Å². The minimum atomic E-state index is -0.387. The normalized spacial score (nSPS) is 11.7. The molecule has 1 heterocycles. The van der Waals surface area contributed by atoms with Gasteiger partial charge in [-0.15, -0.1) is 16.8 Å². The van der Waals surface area contributed by atoms with Crippen LogP contribution in [0.4, 0.5) is 5.69 Å². The van der Waals surface area contributed by atoms with Gasteiger partial charge in [-0.1, -0.05) is 53.2 Å². The number of nitrogens with zero attached hydrogens (tertiary/aromatic N) is 3. The fourth-order valence-corrected chi connectivity index (χ4v) is 3.83. The Hall–Kier alpha value is -2.77. The summed E-state index contributed by atoms with van der Waals surface area (Å²) >= 11 is 7.58. The Balaban J connectivity index is 1.69. The summed E-state index contributed by atoms with van der Waals surface area (Å²) in [6.07, 6.45) is 1.37. The van der Waals surface area contributed by atoms with E-state index in [2.05, 4.69) is 22.1 Å². The molecule has 8 heteroatoms. The minimum Gasteiger partial charge on any atom is -0.481 e. The van der Waals surface area contributed by atoms with Crippen LogP contribution in [0.25, 0.3) is 0 Å². The summed E-state index contributed by atoms with van der Waals surface area (Å²) in [5, 5.41) is 12.6. The van der Waals surface area contributed by atoms with Crippen molar-refractivity contribution in [3.8, 4) is 5.75 Å². The van der Waals surface area contributed by atoms with Gasteiger partial charge in [-0.2, -0.15) is 0 Å². The second-order valence-electron chi connectivity index (χ2n) is 7.14. The van der Waals surface area contributed by atoms with E-state index < -0.39 is 0 Å². The first-order valence-corrected chi connectivity index (χ1v) is 11.2. The van der Waals surface area contributed by atoms with Crippen molar-refractivity contribution in [3.63, 3.8) is 0 Å². The van der Waals surface area contributed by atoms with Gasteiger partial charge in [-0.3, -0.25) is 9.36 Å². The number of benzene rings is 2. The average Bonchev–Trinajstić information content (AvgIpc) is 3.14.